The van der Waals surface area contributed by atoms with E-state index in [9.17, 15) is 5.11 Å². The Balaban J connectivity index is 1.94. The Kier molecular flexibility index (Phi) is 4.81. The smallest absolute Gasteiger partial charge is 0.152 e. The minimum atomic E-state index is -0.0716. The third-order valence-corrected chi connectivity index (χ3v) is 3.87. The van der Waals surface area contributed by atoms with Gasteiger partial charge in [-0.15, -0.1) is 6.42 Å². The molecule has 0 aromatic heterocycles. The van der Waals surface area contributed by atoms with Gasteiger partial charge in [-0.3, -0.25) is 4.90 Å². The minimum absolute atomic E-state index is 0.0716. The van der Waals surface area contributed by atoms with Crippen LogP contribution in [0.5, 0.6) is 5.75 Å². The van der Waals surface area contributed by atoms with Crippen LogP contribution in [0.3, 0.4) is 0 Å². The van der Waals surface area contributed by atoms with Crippen LogP contribution in [0.4, 0.5) is 5.69 Å². The maximum atomic E-state index is 9.51. The van der Waals surface area contributed by atoms with E-state index in [0.717, 1.165) is 31.6 Å². The summed E-state index contributed by atoms with van der Waals surface area (Å²) in [7, 11) is 0. The lowest BCUT2D eigenvalue weighted by Gasteiger charge is -2.31. The van der Waals surface area contributed by atoms with Crippen molar-refractivity contribution >= 4 is 28.9 Å². The molecule has 1 aliphatic rings. The average molecular weight is 299 g/mol. The second-order valence-electron chi connectivity index (χ2n) is 4.69. The van der Waals surface area contributed by atoms with Crippen molar-refractivity contribution in [3.8, 4) is 18.1 Å². The van der Waals surface area contributed by atoms with Crippen LogP contribution in [0.1, 0.15) is 12.8 Å². The molecule has 0 aliphatic carbocycles. The Hall–Kier alpha value is -1.08. The molecule has 3 nitrogen and oxygen atoms in total. The molecule has 2 N–H and O–H groups in total. The standard InChI is InChI=1S/C14H16Cl2N2O/c1-2-5-18-6-3-10(4-7-18)17-11-8-12(15)14(19)13(16)9-11/h1,8-10,17,19H,3-7H2. The number of benzene rings is 1. The maximum absolute atomic E-state index is 9.51. The van der Waals surface area contributed by atoms with Crippen molar-refractivity contribution in [2.75, 3.05) is 25.0 Å². The molecule has 1 aliphatic heterocycles. The number of nitrogens with zero attached hydrogens (tertiary/aromatic N) is 1. The third kappa shape index (κ3) is 3.70. The van der Waals surface area contributed by atoms with Crippen molar-refractivity contribution < 1.29 is 5.11 Å². The minimum Gasteiger partial charge on any atom is -0.505 e. The molecule has 0 bridgehead atoms. The van der Waals surface area contributed by atoms with Crippen molar-refractivity contribution in [2.24, 2.45) is 0 Å². The molecule has 0 unspecified atom stereocenters. The summed E-state index contributed by atoms with van der Waals surface area (Å²) in [5.41, 5.74) is 0.836. The van der Waals surface area contributed by atoms with Crippen molar-refractivity contribution in [1.82, 2.24) is 4.90 Å². The van der Waals surface area contributed by atoms with Crippen LogP contribution in [0, 0.1) is 12.3 Å². The number of halogens is 2. The summed E-state index contributed by atoms with van der Waals surface area (Å²) in [4.78, 5) is 2.26. The zero-order chi connectivity index (χ0) is 13.8. The van der Waals surface area contributed by atoms with Crippen molar-refractivity contribution in [1.29, 1.82) is 0 Å². The number of terminal acetylenes is 1. The zero-order valence-electron chi connectivity index (χ0n) is 10.5. The van der Waals surface area contributed by atoms with Gasteiger partial charge in [-0.2, -0.15) is 0 Å². The summed E-state index contributed by atoms with van der Waals surface area (Å²) in [6.45, 7) is 2.69. The summed E-state index contributed by atoms with van der Waals surface area (Å²) in [6.07, 6.45) is 7.36. The molecular formula is C14H16Cl2N2O. The highest BCUT2D eigenvalue weighted by Crippen LogP contribution is 2.35. The van der Waals surface area contributed by atoms with Gasteiger partial charge in [0.2, 0.25) is 0 Å². The first kappa shape index (κ1) is 14.3. The number of piperidine rings is 1. The van der Waals surface area contributed by atoms with Gasteiger partial charge in [0, 0.05) is 24.8 Å². The van der Waals surface area contributed by atoms with Gasteiger partial charge in [0.25, 0.3) is 0 Å². The number of phenols is 1. The van der Waals surface area contributed by atoms with Gasteiger partial charge in [0.15, 0.2) is 5.75 Å². The third-order valence-electron chi connectivity index (χ3n) is 3.29. The Morgan fingerprint density at radius 3 is 2.42 bits per heavy atom. The maximum Gasteiger partial charge on any atom is 0.152 e. The van der Waals surface area contributed by atoms with E-state index in [1.54, 1.807) is 12.1 Å². The Morgan fingerprint density at radius 2 is 1.89 bits per heavy atom. The van der Waals surface area contributed by atoms with E-state index in [0.29, 0.717) is 12.6 Å². The van der Waals surface area contributed by atoms with Gasteiger partial charge in [-0.25, -0.2) is 0 Å². The lowest BCUT2D eigenvalue weighted by atomic mass is 10.0. The van der Waals surface area contributed by atoms with Gasteiger partial charge in [-0.05, 0) is 25.0 Å². The molecule has 5 heteroatoms. The molecule has 0 spiro atoms. The summed E-state index contributed by atoms with van der Waals surface area (Å²) < 4.78 is 0. The summed E-state index contributed by atoms with van der Waals surface area (Å²) in [5.74, 6) is 2.59. The molecule has 0 amide bonds. The number of hydrogen-bond donors (Lipinski definition) is 2. The topological polar surface area (TPSA) is 35.5 Å². The highest BCUT2D eigenvalue weighted by molar-refractivity contribution is 6.37. The van der Waals surface area contributed by atoms with E-state index in [1.807, 2.05) is 0 Å². The largest absolute Gasteiger partial charge is 0.505 e. The number of nitrogens with one attached hydrogen (secondary N) is 1. The van der Waals surface area contributed by atoms with Crippen LogP contribution < -0.4 is 5.32 Å². The summed E-state index contributed by atoms with van der Waals surface area (Å²) in [6, 6.07) is 3.76. The Morgan fingerprint density at radius 1 is 1.32 bits per heavy atom. The second-order valence-corrected chi connectivity index (χ2v) is 5.50. The number of phenolic OH excluding ortho intramolecular Hbond substituents is 1. The predicted molar refractivity (Wildman–Crippen MR) is 80.0 cm³/mol. The monoisotopic (exact) mass is 298 g/mol. The first-order valence-electron chi connectivity index (χ1n) is 6.20. The first-order valence-corrected chi connectivity index (χ1v) is 6.96. The molecule has 0 radical (unpaired) electrons. The van der Waals surface area contributed by atoms with Crippen LogP contribution in [0.25, 0.3) is 0 Å². The summed E-state index contributed by atoms with van der Waals surface area (Å²) in [5, 5.41) is 13.4. The molecule has 1 heterocycles. The number of rotatable bonds is 3. The SMILES string of the molecule is C#CCN1CCC(Nc2cc(Cl)c(O)c(Cl)c2)CC1. The van der Waals surface area contributed by atoms with E-state index in [2.05, 4.69) is 16.1 Å². The van der Waals surface area contributed by atoms with E-state index >= 15 is 0 Å². The van der Waals surface area contributed by atoms with Gasteiger partial charge >= 0.3 is 0 Å². The van der Waals surface area contributed by atoms with Gasteiger partial charge in [0.05, 0.1) is 16.6 Å². The van der Waals surface area contributed by atoms with Crippen LogP contribution in [0.2, 0.25) is 10.0 Å². The number of hydrogen-bond acceptors (Lipinski definition) is 3. The quantitative estimate of drug-likeness (QED) is 0.664. The average Bonchev–Trinajstić information content (AvgIpc) is 2.38. The Bertz CT molecular complexity index is 468. The van der Waals surface area contributed by atoms with Crippen molar-refractivity contribution in [2.45, 2.75) is 18.9 Å². The lowest BCUT2D eigenvalue weighted by Crippen LogP contribution is -2.39. The van der Waals surface area contributed by atoms with E-state index < -0.39 is 0 Å². The number of likely N-dealkylation sites (tertiary alicyclic amines) is 1. The molecule has 0 atom stereocenters. The molecule has 0 saturated carbocycles. The van der Waals surface area contributed by atoms with Crippen molar-refractivity contribution in [3.63, 3.8) is 0 Å². The fourth-order valence-electron chi connectivity index (χ4n) is 2.25. The Labute approximate surface area is 123 Å². The van der Waals surface area contributed by atoms with E-state index in [-0.39, 0.29) is 15.8 Å². The molecule has 2 rings (SSSR count). The molecular weight excluding hydrogens is 283 g/mol. The van der Waals surface area contributed by atoms with E-state index in [1.165, 1.54) is 0 Å². The molecule has 1 aromatic rings. The fourth-order valence-corrected chi connectivity index (χ4v) is 2.74. The normalized spacial score (nSPS) is 17.1. The second kappa shape index (κ2) is 6.38. The predicted octanol–water partition coefficient (Wildman–Crippen LogP) is 3.21. The molecule has 102 valence electrons. The first-order chi connectivity index (χ1) is 9.10. The van der Waals surface area contributed by atoms with Crippen LogP contribution in [-0.2, 0) is 0 Å². The van der Waals surface area contributed by atoms with Gasteiger partial charge < -0.3 is 10.4 Å². The molecule has 19 heavy (non-hydrogen) atoms. The van der Waals surface area contributed by atoms with E-state index in [4.69, 9.17) is 29.6 Å². The molecule has 1 aromatic carbocycles. The molecule has 1 saturated heterocycles. The van der Waals surface area contributed by atoms with Crippen molar-refractivity contribution in [3.05, 3.63) is 22.2 Å². The zero-order valence-corrected chi connectivity index (χ0v) is 12.0. The van der Waals surface area contributed by atoms with Crippen LogP contribution in [-0.4, -0.2) is 35.7 Å². The van der Waals surface area contributed by atoms with Crippen LogP contribution in [0.15, 0.2) is 12.1 Å². The fraction of sp³-hybridized carbons (Fsp3) is 0.429. The highest BCUT2D eigenvalue weighted by Gasteiger charge is 2.18. The van der Waals surface area contributed by atoms with Crippen LogP contribution >= 0.6 is 23.2 Å². The highest BCUT2D eigenvalue weighted by atomic mass is 35.5. The molecule has 1 fully saturated rings. The van der Waals surface area contributed by atoms with Gasteiger partial charge in [-0.1, -0.05) is 29.1 Å². The summed E-state index contributed by atoms with van der Waals surface area (Å²) >= 11 is 11.8. The number of anilines is 1. The number of aromatic hydroxyl groups is 1. The van der Waals surface area contributed by atoms with Gasteiger partial charge in [0.1, 0.15) is 0 Å². The lowest BCUT2D eigenvalue weighted by molar-refractivity contribution is 0.243.